The lowest BCUT2D eigenvalue weighted by molar-refractivity contribution is 0.0423. The van der Waals surface area contributed by atoms with Gasteiger partial charge in [0, 0.05) is 56.7 Å². The van der Waals surface area contributed by atoms with Gasteiger partial charge in [-0.25, -0.2) is 0 Å². The van der Waals surface area contributed by atoms with Crippen molar-refractivity contribution in [2.45, 2.75) is 32.5 Å². The molecule has 0 saturated carbocycles. The number of piperazine rings is 1. The van der Waals surface area contributed by atoms with Crippen molar-refractivity contribution in [3.8, 4) is 6.07 Å². The van der Waals surface area contributed by atoms with E-state index < -0.39 is 0 Å². The standard InChI is InChI=1S/C18H24N4O/c1-14-10-20(7-8-21(14)11-15(2)23)12-16-13-22-6-4-3-5-18(22)17(16)9-19/h3-6,13-15,23H,7-8,10-12H2,1-2H3/t14-,15+/m1/s1. The van der Waals surface area contributed by atoms with Crippen LogP contribution < -0.4 is 0 Å². The van der Waals surface area contributed by atoms with Crippen molar-refractivity contribution < 1.29 is 5.11 Å². The van der Waals surface area contributed by atoms with E-state index in [2.05, 4.69) is 29.0 Å². The van der Waals surface area contributed by atoms with E-state index in [-0.39, 0.29) is 6.10 Å². The molecule has 23 heavy (non-hydrogen) atoms. The second kappa shape index (κ2) is 6.71. The summed E-state index contributed by atoms with van der Waals surface area (Å²) in [5.41, 5.74) is 2.85. The highest BCUT2D eigenvalue weighted by atomic mass is 16.3. The van der Waals surface area contributed by atoms with E-state index in [9.17, 15) is 10.4 Å². The van der Waals surface area contributed by atoms with Crippen LogP contribution >= 0.6 is 0 Å². The first-order chi connectivity index (χ1) is 11.1. The van der Waals surface area contributed by atoms with Crippen LogP contribution in [0.5, 0.6) is 0 Å². The first-order valence-corrected chi connectivity index (χ1v) is 8.21. The van der Waals surface area contributed by atoms with E-state index in [1.165, 1.54) is 0 Å². The molecule has 3 heterocycles. The zero-order valence-corrected chi connectivity index (χ0v) is 13.8. The lowest BCUT2D eigenvalue weighted by Crippen LogP contribution is -2.53. The van der Waals surface area contributed by atoms with Gasteiger partial charge in [-0.1, -0.05) is 6.07 Å². The van der Waals surface area contributed by atoms with Gasteiger partial charge in [-0.3, -0.25) is 9.80 Å². The van der Waals surface area contributed by atoms with Crippen molar-refractivity contribution >= 4 is 5.52 Å². The van der Waals surface area contributed by atoms with Crippen LogP contribution in [0, 0.1) is 11.3 Å². The van der Waals surface area contributed by atoms with E-state index in [1.807, 2.05) is 35.7 Å². The molecule has 0 amide bonds. The molecule has 3 rings (SSSR count). The second-order valence-corrected chi connectivity index (χ2v) is 6.56. The monoisotopic (exact) mass is 312 g/mol. The van der Waals surface area contributed by atoms with Gasteiger partial charge in [0.05, 0.1) is 17.2 Å². The van der Waals surface area contributed by atoms with Crippen molar-refractivity contribution in [2.75, 3.05) is 26.2 Å². The average molecular weight is 312 g/mol. The molecule has 122 valence electrons. The van der Waals surface area contributed by atoms with Crippen molar-refractivity contribution in [2.24, 2.45) is 0 Å². The van der Waals surface area contributed by atoms with Gasteiger partial charge in [-0.15, -0.1) is 0 Å². The maximum absolute atomic E-state index is 9.58. The minimum absolute atomic E-state index is 0.286. The van der Waals surface area contributed by atoms with E-state index in [0.29, 0.717) is 6.04 Å². The maximum Gasteiger partial charge on any atom is 0.102 e. The van der Waals surface area contributed by atoms with Crippen LogP contribution in [0.2, 0.25) is 0 Å². The third-order valence-electron chi connectivity index (χ3n) is 4.62. The highest BCUT2D eigenvalue weighted by Crippen LogP contribution is 2.21. The van der Waals surface area contributed by atoms with E-state index in [0.717, 1.165) is 49.4 Å². The van der Waals surface area contributed by atoms with Gasteiger partial charge in [0.1, 0.15) is 6.07 Å². The summed E-state index contributed by atoms with van der Waals surface area (Å²) >= 11 is 0. The number of hydrogen-bond acceptors (Lipinski definition) is 4. The summed E-state index contributed by atoms with van der Waals surface area (Å²) in [7, 11) is 0. The number of nitriles is 1. The Morgan fingerprint density at radius 2 is 2.22 bits per heavy atom. The summed E-state index contributed by atoms with van der Waals surface area (Å²) in [6.45, 7) is 8.46. The Morgan fingerprint density at radius 1 is 1.39 bits per heavy atom. The molecule has 0 spiro atoms. The predicted molar refractivity (Wildman–Crippen MR) is 90.1 cm³/mol. The smallest absolute Gasteiger partial charge is 0.102 e. The molecule has 5 heteroatoms. The topological polar surface area (TPSA) is 54.9 Å². The van der Waals surface area contributed by atoms with Crippen molar-refractivity contribution in [1.29, 1.82) is 5.26 Å². The lowest BCUT2D eigenvalue weighted by atomic mass is 10.1. The van der Waals surface area contributed by atoms with Crippen LogP contribution in [0.4, 0.5) is 0 Å². The summed E-state index contributed by atoms with van der Waals surface area (Å²) in [5, 5.41) is 19.1. The van der Waals surface area contributed by atoms with Crippen molar-refractivity contribution in [3.63, 3.8) is 0 Å². The first-order valence-electron chi connectivity index (χ1n) is 8.21. The summed E-state index contributed by atoms with van der Waals surface area (Å²) in [6, 6.07) is 8.72. The molecule has 2 aromatic heterocycles. The summed E-state index contributed by atoms with van der Waals surface area (Å²) in [6.07, 6.45) is 3.77. The molecule has 0 aliphatic carbocycles. The van der Waals surface area contributed by atoms with E-state index in [4.69, 9.17) is 0 Å². The molecular formula is C18H24N4O. The molecule has 0 aromatic carbocycles. The Kier molecular flexibility index (Phi) is 4.67. The molecule has 0 radical (unpaired) electrons. The highest BCUT2D eigenvalue weighted by Gasteiger charge is 2.25. The molecule has 2 atom stereocenters. The van der Waals surface area contributed by atoms with Gasteiger partial charge in [-0.05, 0) is 26.0 Å². The predicted octanol–water partition coefficient (Wildman–Crippen LogP) is 1.70. The van der Waals surface area contributed by atoms with Gasteiger partial charge in [0.15, 0.2) is 0 Å². The van der Waals surface area contributed by atoms with Crippen molar-refractivity contribution in [1.82, 2.24) is 14.2 Å². The normalized spacial score (nSPS) is 21.4. The largest absolute Gasteiger partial charge is 0.392 e. The Morgan fingerprint density at radius 3 is 2.91 bits per heavy atom. The Hall–Kier alpha value is -1.87. The zero-order chi connectivity index (χ0) is 16.4. The molecule has 2 aromatic rings. The van der Waals surface area contributed by atoms with Gasteiger partial charge in [-0.2, -0.15) is 5.26 Å². The van der Waals surface area contributed by atoms with Gasteiger partial charge in [0.25, 0.3) is 0 Å². The van der Waals surface area contributed by atoms with Gasteiger partial charge in [0.2, 0.25) is 0 Å². The van der Waals surface area contributed by atoms with Crippen LogP contribution in [0.25, 0.3) is 5.52 Å². The number of aliphatic hydroxyl groups is 1. The number of pyridine rings is 1. The average Bonchev–Trinajstić information content (AvgIpc) is 2.86. The van der Waals surface area contributed by atoms with Crippen molar-refractivity contribution in [3.05, 3.63) is 41.7 Å². The molecule has 0 bridgehead atoms. The molecule has 1 fully saturated rings. The number of β-amino-alcohol motifs (C(OH)–C–C–N with tert-alkyl or cyclic N) is 1. The maximum atomic E-state index is 9.58. The fourth-order valence-corrected chi connectivity index (χ4v) is 3.49. The van der Waals surface area contributed by atoms with E-state index in [1.54, 1.807) is 0 Å². The van der Waals surface area contributed by atoms with Crippen LogP contribution in [-0.4, -0.2) is 57.6 Å². The van der Waals surface area contributed by atoms with Crippen LogP contribution in [0.1, 0.15) is 25.0 Å². The summed E-state index contributed by atoms with van der Waals surface area (Å²) in [5.74, 6) is 0. The molecule has 1 aliphatic heterocycles. The molecular weight excluding hydrogens is 288 g/mol. The fourth-order valence-electron chi connectivity index (χ4n) is 3.49. The lowest BCUT2D eigenvalue weighted by Gasteiger charge is -2.40. The highest BCUT2D eigenvalue weighted by molar-refractivity contribution is 5.65. The number of nitrogens with zero attached hydrogens (tertiary/aromatic N) is 4. The number of hydrogen-bond donors (Lipinski definition) is 1. The molecule has 1 saturated heterocycles. The quantitative estimate of drug-likeness (QED) is 0.933. The summed E-state index contributed by atoms with van der Waals surface area (Å²) < 4.78 is 2.03. The Balaban J connectivity index is 1.73. The number of rotatable bonds is 4. The molecule has 5 nitrogen and oxygen atoms in total. The minimum atomic E-state index is -0.286. The van der Waals surface area contributed by atoms with Gasteiger partial charge >= 0.3 is 0 Å². The zero-order valence-electron chi connectivity index (χ0n) is 13.8. The number of fused-ring (bicyclic) bond motifs is 1. The van der Waals surface area contributed by atoms with Crippen LogP contribution in [-0.2, 0) is 6.54 Å². The molecule has 1 aliphatic rings. The van der Waals surface area contributed by atoms with E-state index >= 15 is 0 Å². The fraction of sp³-hybridized carbons (Fsp3) is 0.500. The Labute approximate surface area is 137 Å². The van der Waals surface area contributed by atoms with Crippen LogP contribution in [0.15, 0.2) is 30.6 Å². The Bertz CT molecular complexity index is 715. The number of aliphatic hydroxyl groups excluding tert-OH is 1. The molecule has 0 unspecified atom stereocenters. The minimum Gasteiger partial charge on any atom is -0.392 e. The first kappa shape index (κ1) is 16.0. The third kappa shape index (κ3) is 3.40. The number of aromatic nitrogens is 1. The van der Waals surface area contributed by atoms with Gasteiger partial charge < -0.3 is 9.51 Å². The summed E-state index contributed by atoms with van der Waals surface area (Å²) in [4.78, 5) is 4.74. The SMILES string of the molecule is C[C@H](O)CN1CCN(Cc2cn3ccccc3c2C#N)C[C@H]1C. The molecule has 1 N–H and O–H groups in total. The van der Waals surface area contributed by atoms with Crippen LogP contribution in [0.3, 0.4) is 0 Å². The third-order valence-corrected chi connectivity index (χ3v) is 4.62. The second-order valence-electron chi connectivity index (χ2n) is 6.56.